The smallest absolute Gasteiger partial charge is 0.222 e. The SMILES string of the molecule is CCC(=O)N1Cc2nnn(C)c2[C@H](COCc2ccccc2)C1. The van der Waals surface area contributed by atoms with Crippen molar-refractivity contribution in [2.45, 2.75) is 32.4 Å². The van der Waals surface area contributed by atoms with Crippen LogP contribution >= 0.6 is 0 Å². The molecule has 1 aromatic heterocycles. The number of fused-ring (bicyclic) bond motifs is 1. The molecule has 122 valence electrons. The molecule has 0 spiro atoms. The van der Waals surface area contributed by atoms with Crippen LogP contribution in [0, 0.1) is 0 Å². The first-order valence-electron chi connectivity index (χ1n) is 7.97. The lowest BCUT2D eigenvalue weighted by Gasteiger charge is -2.32. The Morgan fingerprint density at radius 2 is 2.13 bits per heavy atom. The number of ether oxygens (including phenoxy) is 1. The molecule has 0 fully saturated rings. The Balaban J connectivity index is 1.69. The molecule has 0 N–H and O–H groups in total. The first-order valence-corrected chi connectivity index (χ1v) is 7.97. The minimum atomic E-state index is 0.109. The van der Waals surface area contributed by atoms with E-state index in [1.807, 2.05) is 49.2 Å². The van der Waals surface area contributed by atoms with Crippen LogP contribution in [0.3, 0.4) is 0 Å². The molecular weight excluding hydrogens is 292 g/mol. The lowest BCUT2D eigenvalue weighted by Crippen LogP contribution is -2.39. The Morgan fingerprint density at radius 3 is 2.87 bits per heavy atom. The van der Waals surface area contributed by atoms with Gasteiger partial charge in [-0.3, -0.25) is 9.48 Å². The Hall–Kier alpha value is -2.21. The first-order chi connectivity index (χ1) is 11.2. The van der Waals surface area contributed by atoms with Gasteiger partial charge >= 0.3 is 0 Å². The normalized spacial score (nSPS) is 17.1. The molecule has 2 heterocycles. The molecule has 1 aliphatic rings. The van der Waals surface area contributed by atoms with Gasteiger partial charge < -0.3 is 9.64 Å². The second-order valence-electron chi connectivity index (χ2n) is 5.87. The summed E-state index contributed by atoms with van der Waals surface area (Å²) in [6.07, 6.45) is 0.507. The number of hydrogen-bond donors (Lipinski definition) is 0. The maximum atomic E-state index is 12.1. The van der Waals surface area contributed by atoms with Crippen molar-refractivity contribution in [1.29, 1.82) is 0 Å². The molecule has 0 bridgehead atoms. The van der Waals surface area contributed by atoms with Crippen molar-refractivity contribution >= 4 is 5.91 Å². The largest absolute Gasteiger partial charge is 0.376 e. The van der Waals surface area contributed by atoms with E-state index in [1.165, 1.54) is 0 Å². The van der Waals surface area contributed by atoms with E-state index in [0.29, 0.717) is 32.7 Å². The summed E-state index contributed by atoms with van der Waals surface area (Å²) in [7, 11) is 1.90. The minimum absolute atomic E-state index is 0.109. The summed E-state index contributed by atoms with van der Waals surface area (Å²) in [5.74, 6) is 0.257. The predicted molar refractivity (Wildman–Crippen MR) is 85.6 cm³/mol. The van der Waals surface area contributed by atoms with Crippen LogP contribution in [0.1, 0.15) is 36.2 Å². The van der Waals surface area contributed by atoms with Crippen molar-refractivity contribution < 1.29 is 9.53 Å². The molecule has 6 heteroatoms. The Bertz CT molecular complexity index is 668. The van der Waals surface area contributed by atoms with Crippen molar-refractivity contribution in [3.8, 4) is 0 Å². The molecule has 1 amide bonds. The third-order valence-electron chi connectivity index (χ3n) is 4.20. The fourth-order valence-corrected chi connectivity index (χ4v) is 3.06. The number of carbonyl (C=O) groups excluding carboxylic acids is 1. The number of nitrogens with zero attached hydrogens (tertiary/aromatic N) is 4. The van der Waals surface area contributed by atoms with Gasteiger partial charge in [0.1, 0.15) is 5.69 Å². The van der Waals surface area contributed by atoms with Crippen LogP contribution < -0.4 is 0 Å². The van der Waals surface area contributed by atoms with Crippen molar-refractivity contribution in [2.24, 2.45) is 7.05 Å². The van der Waals surface area contributed by atoms with E-state index < -0.39 is 0 Å². The molecule has 1 aliphatic heterocycles. The lowest BCUT2D eigenvalue weighted by molar-refractivity contribution is -0.132. The van der Waals surface area contributed by atoms with Gasteiger partial charge in [0.2, 0.25) is 5.91 Å². The van der Waals surface area contributed by atoms with E-state index in [0.717, 1.165) is 17.0 Å². The standard InChI is InChI=1S/C17H22N4O2/c1-3-16(22)21-9-14(17-15(10-21)18-19-20(17)2)12-23-11-13-7-5-4-6-8-13/h4-8,14H,3,9-12H2,1-2H3/t14-/m0/s1. The van der Waals surface area contributed by atoms with Gasteiger partial charge in [0.15, 0.2) is 0 Å². The lowest BCUT2D eigenvalue weighted by atomic mass is 9.98. The molecular formula is C17H22N4O2. The van der Waals surface area contributed by atoms with Gasteiger partial charge in [-0.05, 0) is 5.56 Å². The van der Waals surface area contributed by atoms with E-state index in [4.69, 9.17) is 4.74 Å². The molecule has 0 radical (unpaired) electrons. The molecule has 23 heavy (non-hydrogen) atoms. The fraction of sp³-hybridized carbons (Fsp3) is 0.471. The number of aryl methyl sites for hydroxylation is 1. The number of carbonyl (C=O) groups is 1. The third kappa shape index (κ3) is 3.42. The highest BCUT2D eigenvalue weighted by Gasteiger charge is 2.31. The maximum Gasteiger partial charge on any atom is 0.222 e. The van der Waals surface area contributed by atoms with Crippen molar-refractivity contribution in [3.05, 3.63) is 47.3 Å². The van der Waals surface area contributed by atoms with Gasteiger partial charge in [-0.2, -0.15) is 0 Å². The number of benzene rings is 1. The van der Waals surface area contributed by atoms with Crippen LogP contribution in [-0.4, -0.2) is 39.0 Å². The van der Waals surface area contributed by atoms with E-state index in [-0.39, 0.29) is 11.8 Å². The zero-order valence-corrected chi connectivity index (χ0v) is 13.6. The zero-order valence-electron chi connectivity index (χ0n) is 13.6. The Morgan fingerprint density at radius 1 is 1.35 bits per heavy atom. The van der Waals surface area contributed by atoms with Crippen LogP contribution in [0.2, 0.25) is 0 Å². The van der Waals surface area contributed by atoms with E-state index in [2.05, 4.69) is 10.3 Å². The van der Waals surface area contributed by atoms with Gasteiger partial charge in [0.05, 0.1) is 25.5 Å². The second-order valence-corrected chi connectivity index (χ2v) is 5.87. The van der Waals surface area contributed by atoms with E-state index >= 15 is 0 Å². The monoisotopic (exact) mass is 314 g/mol. The van der Waals surface area contributed by atoms with E-state index in [1.54, 1.807) is 4.68 Å². The highest BCUT2D eigenvalue weighted by Crippen LogP contribution is 2.27. The Labute approximate surface area is 136 Å². The van der Waals surface area contributed by atoms with Crippen LogP contribution in [-0.2, 0) is 29.7 Å². The summed E-state index contributed by atoms with van der Waals surface area (Å²) < 4.78 is 7.70. The van der Waals surface area contributed by atoms with Gasteiger partial charge in [0.25, 0.3) is 0 Å². The van der Waals surface area contributed by atoms with Gasteiger partial charge in [-0.1, -0.05) is 42.5 Å². The topological polar surface area (TPSA) is 60.2 Å². The number of rotatable bonds is 5. The molecule has 0 unspecified atom stereocenters. The average Bonchev–Trinajstić information content (AvgIpc) is 2.96. The van der Waals surface area contributed by atoms with Crippen LogP contribution in [0.15, 0.2) is 30.3 Å². The first kappa shape index (κ1) is 15.7. The molecule has 2 aromatic rings. The van der Waals surface area contributed by atoms with Gasteiger partial charge in [0, 0.05) is 25.9 Å². The zero-order chi connectivity index (χ0) is 16.2. The van der Waals surface area contributed by atoms with E-state index in [9.17, 15) is 4.79 Å². The van der Waals surface area contributed by atoms with Crippen molar-refractivity contribution in [2.75, 3.05) is 13.2 Å². The Kier molecular flexibility index (Phi) is 4.71. The van der Waals surface area contributed by atoms with Crippen LogP contribution in [0.4, 0.5) is 0 Å². The van der Waals surface area contributed by atoms with Crippen molar-refractivity contribution in [3.63, 3.8) is 0 Å². The average molecular weight is 314 g/mol. The summed E-state index contributed by atoms with van der Waals surface area (Å²) in [4.78, 5) is 13.9. The summed E-state index contributed by atoms with van der Waals surface area (Å²) in [5, 5.41) is 8.31. The summed E-state index contributed by atoms with van der Waals surface area (Å²) in [5.41, 5.74) is 3.11. The third-order valence-corrected chi connectivity index (χ3v) is 4.20. The number of aromatic nitrogens is 3. The molecule has 3 rings (SSSR count). The van der Waals surface area contributed by atoms with Crippen LogP contribution in [0.5, 0.6) is 0 Å². The highest BCUT2D eigenvalue weighted by molar-refractivity contribution is 5.76. The summed E-state index contributed by atoms with van der Waals surface area (Å²) in [6, 6.07) is 10.1. The predicted octanol–water partition coefficient (Wildman–Crippen LogP) is 1.87. The second kappa shape index (κ2) is 6.91. The molecule has 1 atom stereocenters. The van der Waals surface area contributed by atoms with Gasteiger partial charge in [-0.15, -0.1) is 5.10 Å². The minimum Gasteiger partial charge on any atom is -0.376 e. The quantitative estimate of drug-likeness (QED) is 0.845. The summed E-state index contributed by atoms with van der Waals surface area (Å²) >= 11 is 0. The number of hydrogen-bond acceptors (Lipinski definition) is 4. The highest BCUT2D eigenvalue weighted by atomic mass is 16.5. The molecule has 0 saturated carbocycles. The van der Waals surface area contributed by atoms with Gasteiger partial charge in [-0.25, -0.2) is 0 Å². The summed E-state index contributed by atoms with van der Waals surface area (Å²) in [6.45, 7) is 4.21. The molecule has 1 aromatic carbocycles. The molecule has 6 nitrogen and oxygen atoms in total. The molecule has 0 saturated heterocycles. The number of amides is 1. The molecule has 0 aliphatic carbocycles. The fourth-order valence-electron chi connectivity index (χ4n) is 3.06. The van der Waals surface area contributed by atoms with Crippen LogP contribution in [0.25, 0.3) is 0 Å². The maximum absolute atomic E-state index is 12.1. The van der Waals surface area contributed by atoms with Crippen molar-refractivity contribution in [1.82, 2.24) is 19.9 Å².